The van der Waals surface area contributed by atoms with E-state index in [0.29, 0.717) is 0 Å². The molecule has 1 aliphatic rings. The first-order valence-corrected chi connectivity index (χ1v) is 6.41. The fourth-order valence-corrected chi connectivity index (χ4v) is 1.98. The Morgan fingerprint density at radius 1 is 0.857 bits per heavy atom. The second-order valence-electron chi connectivity index (χ2n) is 4.80. The topological polar surface area (TPSA) is 180 Å². The second-order valence-corrected chi connectivity index (χ2v) is 4.80. The third-order valence-corrected chi connectivity index (χ3v) is 3.27. The first kappa shape index (κ1) is 18.6. The van der Waals surface area contributed by atoms with Crippen molar-refractivity contribution in [2.75, 3.05) is 19.8 Å². The molecule has 0 radical (unpaired) electrons. The molecule has 0 aromatic heterocycles. The van der Waals surface area contributed by atoms with Gasteiger partial charge in [0.15, 0.2) is 6.29 Å². The van der Waals surface area contributed by atoms with E-state index in [1.807, 2.05) is 0 Å². The molecule has 0 aromatic rings. The number of aliphatic hydroxyl groups excluding tert-OH is 8. The fourth-order valence-electron chi connectivity index (χ4n) is 1.98. The number of ether oxygens (including phenoxy) is 2. The van der Waals surface area contributed by atoms with E-state index in [2.05, 4.69) is 0 Å². The molecule has 1 fully saturated rings. The van der Waals surface area contributed by atoms with Gasteiger partial charge in [0.05, 0.1) is 19.8 Å². The quantitative estimate of drug-likeness (QED) is 0.226. The van der Waals surface area contributed by atoms with E-state index >= 15 is 0 Å². The third kappa shape index (κ3) is 4.29. The van der Waals surface area contributed by atoms with Gasteiger partial charge < -0.3 is 50.3 Å². The summed E-state index contributed by atoms with van der Waals surface area (Å²) in [7, 11) is 0. The first-order chi connectivity index (χ1) is 9.87. The van der Waals surface area contributed by atoms with Crippen molar-refractivity contribution in [2.45, 2.75) is 49.0 Å². The van der Waals surface area contributed by atoms with Crippen LogP contribution < -0.4 is 0 Å². The Morgan fingerprint density at radius 2 is 1.38 bits per heavy atom. The van der Waals surface area contributed by atoms with Gasteiger partial charge in [-0.05, 0) is 0 Å². The minimum absolute atomic E-state index is 0.666. The number of rotatable bonds is 7. The number of hydrogen-bond acceptors (Lipinski definition) is 10. The van der Waals surface area contributed by atoms with Gasteiger partial charge in [-0.25, -0.2) is 0 Å². The van der Waals surface area contributed by atoms with E-state index in [4.69, 9.17) is 24.8 Å². The van der Waals surface area contributed by atoms with Crippen LogP contribution >= 0.6 is 0 Å². The highest BCUT2D eigenvalue weighted by Gasteiger charge is 2.46. The lowest BCUT2D eigenvalue weighted by Gasteiger charge is -2.41. The smallest absolute Gasteiger partial charge is 0.187 e. The van der Waals surface area contributed by atoms with E-state index in [1.54, 1.807) is 0 Å². The van der Waals surface area contributed by atoms with Crippen LogP contribution in [-0.2, 0) is 9.47 Å². The molecule has 1 aliphatic heterocycles. The Balaban J connectivity index is 2.81. The maximum atomic E-state index is 9.75. The van der Waals surface area contributed by atoms with Gasteiger partial charge >= 0.3 is 0 Å². The molecule has 10 heteroatoms. The average molecular weight is 314 g/mol. The summed E-state index contributed by atoms with van der Waals surface area (Å²) >= 11 is 0. The summed E-state index contributed by atoms with van der Waals surface area (Å²) in [4.78, 5) is 0. The Morgan fingerprint density at radius 3 is 1.81 bits per heavy atom. The molecule has 1 heterocycles. The predicted octanol–water partition coefficient (Wildman–Crippen LogP) is -5.12. The Kier molecular flexibility index (Phi) is 7.36. The van der Waals surface area contributed by atoms with Crippen LogP contribution in [0, 0.1) is 0 Å². The maximum absolute atomic E-state index is 9.75. The molecule has 0 bridgehead atoms. The molecule has 0 amide bonds. The number of aliphatic hydroxyl groups is 8. The molecule has 0 aliphatic carbocycles. The molecule has 1 saturated heterocycles. The molecule has 0 spiro atoms. The summed E-state index contributed by atoms with van der Waals surface area (Å²) < 4.78 is 10.1. The van der Waals surface area contributed by atoms with Crippen LogP contribution in [0.3, 0.4) is 0 Å². The molecule has 0 aromatic carbocycles. The van der Waals surface area contributed by atoms with E-state index in [9.17, 15) is 25.5 Å². The highest BCUT2D eigenvalue weighted by molar-refractivity contribution is 4.90. The summed E-state index contributed by atoms with van der Waals surface area (Å²) in [6, 6.07) is 0. The van der Waals surface area contributed by atoms with Gasteiger partial charge in [0, 0.05) is 0 Å². The minimum Gasteiger partial charge on any atom is -0.394 e. The van der Waals surface area contributed by atoms with E-state index < -0.39 is 68.8 Å². The zero-order valence-electron chi connectivity index (χ0n) is 11.1. The molecule has 7 atom stereocenters. The fraction of sp³-hybridized carbons (Fsp3) is 1.00. The molecular weight excluding hydrogens is 292 g/mol. The lowest BCUT2D eigenvalue weighted by molar-refractivity contribution is -0.325. The Hall–Kier alpha value is -0.400. The van der Waals surface area contributed by atoms with Crippen molar-refractivity contribution in [2.24, 2.45) is 0 Å². The standard InChI is InChI=1S/C11H22O10/c12-1-4(15)10(5(16)2-13)21-11-9(19)8(18)7(17)6(3-14)20-11/h4-19H,1-3H2/t4-,5-,6-,7+,8+,9-,11+/m1/s1. The SMILES string of the molecule is OC[C@@H](O)C(O[C@@H]1O[C@H](CO)[C@H](O)[C@H](O)[C@H]1O)[C@H](O)CO. The highest BCUT2D eigenvalue weighted by Crippen LogP contribution is 2.24. The van der Waals surface area contributed by atoms with Crippen molar-refractivity contribution in [3.05, 3.63) is 0 Å². The van der Waals surface area contributed by atoms with Crippen LogP contribution in [0.25, 0.3) is 0 Å². The highest BCUT2D eigenvalue weighted by atomic mass is 16.7. The van der Waals surface area contributed by atoms with Crippen molar-refractivity contribution < 1.29 is 50.3 Å². The maximum Gasteiger partial charge on any atom is 0.187 e. The van der Waals surface area contributed by atoms with Gasteiger partial charge in [0.25, 0.3) is 0 Å². The first-order valence-electron chi connectivity index (χ1n) is 6.41. The lowest BCUT2D eigenvalue weighted by Crippen LogP contribution is -2.61. The lowest BCUT2D eigenvalue weighted by atomic mass is 9.99. The van der Waals surface area contributed by atoms with Gasteiger partial charge in [0.2, 0.25) is 0 Å². The van der Waals surface area contributed by atoms with Crippen LogP contribution in [0.15, 0.2) is 0 Å². The molecule has 0 unspecified atom stereocenters. The van der Waals surface area contributed by atoms with Gasteiger partial charge in [-0.1, -0.05) is 0 Å². The minimum atomic E-state index is -1.72. The normalized spacial score (nSPS) is 36.7. The van der Waals surface area contributed by atoms with Crippen molar-refractivity contribution in [3.8, 4) is 0 Å². The van der Waals surface area contributed by atoms with Crippen LogP contribution in [0.5, 0.6) is 0 Å². The van der Waals surface area contributed by atoms with Gasteiger partial charge in [0.1, 0.15) is 42.7 Å². The summed E-state index contributed by atoms with van der Waals surface area (Å²) in [6.07, 6.45) is -12.5. The van der Waals surface area contributed by atoms with Crippen molar-refractivity contribution >= 4 is 0 Å². The molecule has 0 saturated carbocycles. The summed E-state index contributed by atoms with van der Waals surface area (Å²) in [5, 5.41) is 74.8. The zero-order valence-corrected chi connectivity index (χ0v) is 11.1. The summed E-state index contributed by atoms with van der Waals surface area (Å²) in [5.41, 5.74) is 0. The van der Waals surface area contributed by atoms with Crippen molar-refractivity contribution in [3.63, 3.8) is 0 Å². The molecule has 1 rings (SSSR count). The van der Waals surface area contributed by atoms with Crippen molar-refractivity contribution in [1.82, 2.24) is 0 Å². The largest absolute Gasteiger partial charge is 0.394 e. The van der Waals surface area contributed by atoms with Crippen molar-refractivity contribution in [1.29, 1.82) is 0 Å². The van der Waals surface area contributed by atoms with E-state index in [-0.39, 0.29) is 0 Å². The monoisotopic (exact) mass is 314 g/mol. The zero-order chi connectivity index (χ0) is 16.2. The van der Waals surface area contributed by atoms with Gasteiger partial charge in [-0.15, -0.1) is 0 Å². The summed E-state index contributed by atoms with van der Waals surface area (Å²) in [5.74, 6) is 0. The van der Waals surface area contributed by atoms with E-state index in [0.717, 1.165) is 0 Å². The van der Waals surface area contributed by atoms with Crippen LogP contribution in [0.1, 0.15) is 0 Å². The number of hydrogen-bond donors (Lipinski definition) is 8. The Bertz CT molecular complexity index is 291. The molecule has 10 nitrogen and oxygen atoms in total. The van der Waals surface area contributed by atoms with Crippen LogP contribution in [-0.4, -0.2) is 110 Å². The average Bonchev–Trinajstić information content (AvgIpc) is 2.50. The second kappa shape index (κ2) is 8.29. The van der Waals surface area contributed by atoms with Gasteiger partial charge in [-0.2, -0.15) is 0 Å². The molecule has 21 heavy (non-hydrogen) atoms. The van der Waals surface area contributed by atoms with Gasteiger partial charge in [-0.3, -0.25) is 0 Å². The van der Waals surface area contributed by atoms with E-state index in [1.165, 1.54) is 0 Å². The predicted molar refractivity (Wildman–Crippen MR) is 64.8 cm³/mol. The molecule has 126 valence electrons. The van der Waals surface area contributed by atoms with Crippen LogP contribution in [0.2, 0.25) is 0 Å². The molecular formula is C11H22O10. The molecule has 8 N–H and O–H groups in total. The Labute approximate surface area is 120 Å². The summed E-state index contributed by atoms with van der Waals surface area (Å²) in [6.45, 7) is -2.25. The third-order valence-electron chi connectivity index (χ3n) is 3.27. The van der Waals surface area contributed by atoms with Crippen LogP contribution in [0.4, 0.5) is 0 Å².